The number of hydrogen-bond acceptors (Lipinski definition) is 5. The van der Waals surface area contributed by atoms with Gasteiger partial charge in [-0.1, -0.05) is 0 Å². The van der Waals surface area contributed by atoms with Gasteiger partial charge in [0.15, 0.2) is 0 Å². The summed E-state index contributed by atoms with van der Waals surface area (Å²) in [5.41, 5.74) is -0.00870. The second kappa shape index (κ2) is 6.10. The molecular weight excluding hydrogens is 264 g/mol. The SMILES string of the molecule is CNCCCNS(=O)(=O)c1cc(C(=O)O)cs1. The number of carbonyl (C=O) groups is 1. The van der Waals surface area contributed by atoms with Crippen LogP contribution in [-0.2, 0) is 10.0 Å². The lowest BCUT2D eigenvalue weighted by atomic mass is 10.4. The van der Waals surface area contributed by atoms with Crippen molar-refractivity contribution in [2.75, 3.05) is 20.1 Å². The minimum Gasteiger partial charge on any atom is -0.478 e. The van der Waals surface area contributed by atoms with E-state index in [2.05, 4.69) is 10.0 Å². The highest BCUT2D eigenvalue weighted by molar-refractivity contribution is 7.91. The molecule has 0 saturated heterocycles. The van der Waals surface area contributed by atoms with Crippen LogP contribution in [0.2, 0.25) is 0 Å². The van der Waals surface area contributed by atoms with Gasteiger partial charge in [0.1, 0.15) is 4.21 Å². The highest BCUT2D eigenvalue weighted by atomic mass is 32.2. The number of carboxylic acid groups (broad SMARTS) is 1. The van der Waals surface area contributed by atoms with E-state index in [-0.39, 0.29) is 9.77 Å². The first-order valence-corrected chi connectivity index (χ1v) is 7.30. The first-order valence-electron chi connectivity index (χ1n) is 4.93. The van der Waals surface area contributed by atoms with Crippen LogP contribution in [0.3, 0.4) is 0 Å². The smallest absolute Gasteiger partial charge is 0.336 e. The average Bonchev–Trinajstić information content (AvgIpc) is 2.74. The van der Waals surface area contributed by atoms with Crippen molar-refractivity contribution >= 4 is 27.3 Å². The van der Waals surface area contributed by atoms with Gasteiger partial charge in [-0.2, -0.15) is 0 Å². The second-order valence-electron chi connectivity index (χ2n) is 3.31. The Morgan fingerprint density at radius 1 is 1.47 bits per heavy atom. The topological polar surface area (TPSA) is 95.5 Å². The molecule has 0 aliphatic carbocycles. The monoisotopic (exact) mass is 278 g/mol. The molecule has 6 nitrogen and oxygen atoms in total. The molecule has 1 aromatic rings. The molecule has 0 saturated carbocycles. The van der Waals surface area contributed by atoms with Crippen molar-refractivity contribution in [1.82, 2.24) is 10.0 Å². The molecule has 0 aliphatic rings. The Balaban J connectivity index is 2.66. The van der Waals surface area contributed by atoms with E-state index in [1.165, 1.54) is 5.38 Å². The lowest BCUT2D eigenvalue weighted by molar-refractivity contribution is 0.0697. The van der Waals surface area contributed by atoms with Crippen LogP contribution in [0.15, 0.2) is 15.7 Å². The van der Waals surface area contributed by atoms with E-state index in [1.54, 1.807) is 7.05 Å². The van der Waals surface area contributed by atoms with Crippen molar-refractivity contribution in [3.05, 3.63) is 17.0 Å². The summed E-state index contributed by atoms with van der Waals surface area (Å²) >= 11 is 0.902. The Labute approximate surface area is 104 Å². The zero-order valence-corrected chi connectivity index (χ0v) is 10.9. The Kier molecular flexibility index (Phi) is 5.06. The molecule has 0 aromatic carbocycles. The number of rotatable bonds is 7. The fourth-order valence-electron chi connectivity index (χ4n) is 1.11. The molecule has 0 unspecified atom stereocenters. The van der Waals surface area contributed by atoms with Gasteiger partial charge < -0.3 is 10.4 Å². The lowest BCUT2D eigenvalue weighted by Gasteiger charge is -2.03. The molecule has 0 atom stereocenters. The van der Waals surface area contributed by atoms with Crippen molar-refractivity contribution in [2.45, 2.75) is 10.6 Å². The van der Waals surface area contributed by atoms with E-state index >= 15 is 0 Å². The van der Waals surface area contributed by atoms with Gasteiger partial charge in [0.05, 0.1) is 5.56 Å². The van der Waals surface area contributed by atoms with Gasteiger partial charge in [-0.05, 0) is 26.1 Å². The van der Waals surface area contributed by atoms with E-state index in [0.717, 1.165) is 17.4 Å². The van der Waals surface area contributed by atoms with Gasteiger partial charge in [0.25, 0.3) is 0 Å². The molecule has 1 heterocycles. The minimum absolute atomic E-state index is 0.00870. The number of aromatic carboxylic acids is 1. The third kappa shape index (κ3) is 4.08. The molecule has 0 spiro atoms. The lowest BCUT2D eigenvalue weighted by Crippen LogP contribution is -2.26. The fourth-order valence-corrected chi connectivity index (χ4v) is 3.38. The summed E-state index contributed by atoms with van der Waals surface area (Å²) in [6.45, 7) is 1.04. The van der Waals surface area contributed by atoms with Crippen LogP contribution in [-0.4, -0.2) is 39.6 Å². The molecule has 96 valence electrons. The maximum absolute atomic E-state index is 11.7. The molecule has 17 heavy (non-hydrogen) atoms. The summed E-state index contributed by atoms with van der Waals surface area (Å²) in [7, 11) is -1.79. The van der Waals surface area contributed by atoms with Crippen molar-refractivity contribution in [3.8, 4) is 0 Å². The van der Waals surface area contributed by atoms with Gasteiger partial charge in [0.2, 0.25) is 10.0 Å². The molecule has 8 heteroatoms. The maximum atomic E-state index is 11.7. The van der Waals surface area contributed by atoms with Crippen LogP contribution < -0.4 is 10.0 Å². The molecule has 1 aromatic heterocycles. The Bertz CT molecular complexity index is 481. The van der Waals surface area contributed by atoms with Crippen LogP contribution in [0.25, 0.3) is 0 Å². The van der Waals surface area contributed by atoms with E-state index in [9.17, 15) is 13.2 Å². The molecule has 1 rings (SSSR count). The first kappa shape index (κ1) is 14.1. The maximum Gasteiger partial charge on any atom is 0.336 e. The van der Waals surface area contributed by atoms with Crippen molar-refractivity contribution in [2.24, 2.45) is 0 Å². The van der Waals surface area contributed by atoms with Gasteiger partial charge in [0, 0.05) is 11.9 Å². The summed E-state index contributed by atoms with van der Waals surface area (Å²) < 4.78 is 25.9. The Morgan fingerprint density at radius 2 is 2.18 bits per heavy atom. The third-order valence-electron chi connectivity index (χ3n) is 1.98. The number of thiophene rings is 1. The Morgan fingerprint density at radius 3 is 2.71 bits per heavy atom. The minimum atomic E-state index is -3.58. The van der Waals surface area contributed by atoms with Crippen LogP contribution in [0.4, 0.5) is 0 Å². The van der Waals surface area contributed by atoms with Crippen LogP contribution in [0.5, 0.6) is 0 Å². The number of nitrogens with one attached hydrogen (secondary N) is 2. The predicted molar refractivity (Wildman–Crippen MR) is 65.0 cm³/mol. The van der Waals surface area contributed by atoms with Gasteiger partial charge >= 0.3 is 5.97 Å². The summed E-state index contributed by atoms with van der Waals surface area (Å²) in [5, 5.41) is 12.9. The highest BCUT2D eigenvalue weighted by Gasteiger charge is 2.17. The summed E-state index contributed by atoms with van der Waals surface area (Å²) in [6, 6.07) is 1.16. The normalized spacial score (nSPS) is 11.6. The fraction of sp³-hybridized carbons (Fsp3) is 0.444. The van der Waals surface area contributed by atoms with Crippen molar-refractivity contribution in [1.29, 1.82) is 0 Å². The predicted octanol–water partition coefficient (Wildman–Crippen LogP) is 0.334. The molecule has 3 N–H and O–H groups in total. The zero-order chi connectivity index (χ0) is 12.9. The van der Waals surface area contributed by atoms with E-state index in [1.807, 2.05) is 0 Å². The number of hydrogen-bond donors (Lipinski definition) is 3. The van der Waals surface area contributed by atoms with Gasteiger partial charge in [-0.25, -0.2) is 17.9 Å². The molecule has 0 bridgehead atoms. The highest BCUT2D eigenvalue weighted by Crippen LogP contribution is 2.19. The van der Waals surface area contributed by atoms with Crippen LogP contribution in [0.1, 0.15) is 16.8 Å². The molecule has 0 fully saturated rings. The van der Waals surface area contributed by atoms with Gasteiger partial charge in [-0.3, -0.25) is 0 Å². The van der Waals surface area contributed by atoms with E-state index < -0.39 is 16.0 Å². The molecular formula is C9H14N2O4S2. The largest absolute Gasteiger partial charge is 0.478 e. The second-order valence-corrected chi connectivity index (χ2v) is 6.22. The molecule has 0 radical (unpaired) electrons. The molecule has 0 aliphatic heterocycles. The number of sulfonamides is 1. The van der Waals surface area contributed by atoms with Crippen molar-refractivity contribution < 1.29 is 18.3 Å². The summed E-state index contributed by atoms with van der Waals surface area (Å²) in [5.74, 6) is -1.13. The average molecular weight is 278 g/mol. The first-order chi connectivity index (χ1) is 7.97. The standard InChI is InChI=1S/C9H14N2O4S2/c1-10-3-2-4-11-17(14,15)8-5-7(6-16-8)9(12)13/h5-6,10-11H,2-4H2,1H3,(H,12,13). The number of carboxylic acids is 1. The summed E-state index contributed by atoms with van der Waals surface area (Å²) in [4.78, 5) is 10.6. The van der Waals surface area contributed by atoms with E-state index in [0.29, 0.717) is 19.5 Å². The van der Waals surface area contributed by atoms with Crippen molar-refractivity contribution in [3.63, 3.8) is 0 Å². The summed E-state index contributed by atoms with van der Waals surface area (Å²) in [6.07, 6.45) is 0.674. The van der Waals surface area contributed by atoms with Gasteiger partial charge in [-0.15, -0.1) is 11.3 Å². The third-order valence-corrected chi connectivity index (χ3v) is 4.88. The quantitative estimate of drug-likeness (QED) is 0.625. The molecule has 0 amide bonds. The van der Waals surface area contributed by atoms with Crippen LogP contribution >= 0.6 is 11.3 Å². The van der Waals surface area contributed by atoms with Crippen LogP contribution in [0, 0.1) is 0 Å². The van der Waals surface area contributed by atoms with E-state index in [4.69, 9.17) is 5.11 Å². The Hall–Kier alpha value is -0.960. The zero-order valence-electron chi connectivity index (χ0n) is 9.26.